The van der Waals surface area contributed by atoms with Crippen molar-refractivity contribution in [3.8, 4) is 0 Å². The van der Waals surface area contributed by atoms with Crippen molar-refractivity contribution >= 4 is 12.0 Å². The van der Waals surface area contributed by atoms with E-state index in [1.807, 2.05) is 36.4 Å². The summed E-state index contributed by atoms with van der Waals surface area (Å²) in [6, 6.07) is 9.84. The average molecular weight is 311 g/mol. The zero-order valence-electron chi connectivity index (χ0n) is 13.4. The number of carbonyl (C=O) groups is 1. The average Bonchev–Trinajstić information content (AvgIpc) is 2.52. The van der Waals surface area contributed by atoms with E-state index < -0.39 is 11.5 Å². The van der Waals surface area contributed by atoms with Crippen LogP contribution in [0, 0.1) is 29.6 Å². The molecule has 0 aliphatic heterocycles. The van der Waals surface area contributed by atoms with Gasteiger partial charge in [0.25, 0.3) is 0 Å². The second kappa shape index (κ2) is 5.48. The van der Waals surface area contributed by atoms with Gasteiger partial charge < -0.3 is 10.8 Å². The fourth-order valence-electron chi connectivity index (χ4n) is 5.83. The van der Waals surface area contributed by atoms with Crippen LogP contribution in [0.3, 0.4) is 0 Å². The maximum atomic E-state index is 12.1. The van der Waals surface area contributed by atoms with Crippen molar-refractivity contribution in [2.24, 2.45) is 35.3 Å². The van der Waals surface area contributed by atoms with Crippen LogP contribution in [-0.2, 0) is 4.79 Å². The third-order valence-corrected chi connectivity index (χ3v) is 6.50. The Morgan fingerprint density at radius 2 is 1.61 bits per heavy atom. The van der Waals surface area contributed by atoms with Crippen LogP contribution >= 0.6 is 0 Å². The predicted octanol–water partition coefficient (Wildman–Crippen LogP) is 3.55. The number of nitrogens with two attached hydrogens (primary N) is 1. The summed E-state index contributed by atoms with van der Waals surface area (Å²) in [4.78, 5) is 12.1. The first-order chi connectivity index (χ1) is 11.1. The topological polar surface area (TPSA) is 63.3 Å². The van der Waals surface area contributed by atoms with Crippen LogP contribution in [0.25, 0.3) is 6.08 Å². The number of benzene rings is 1. The maximum Gasteiger partial charge on any atom is 0.328 e. The summed E-state index contributed by atoms with van der Waals surface area (Å²) in [5.74, 6) is 1.85. The van der Waals surface area contributed by atoms with Crippen LogP contribution in [0.1, 0.15) is 37.7 Å². The van der Waals surface area contributed by atoms with Crippen LogP contribution in [0.5, 0.6) is 0 Å². The molecular weight excluding hydrogens is 286 g/mol. The molecule has 4 saturated carbocycles. The van der Waals surface area contributed by atoms with Gasteiger partial charge in [-0.1, -0.05) is 42.5 Å². The van der Waals surface area contributed by atoms with E-state index in [1.54, 1.807) is 6.08 Å². The van der Waals surface area contributed by atoms with Gasteiger partial charge in [0.1, 0.15) is 5.54 Å². The van der Waals surface area contributed by atoms with Crippen LogP contribution in [0.2, 0.25) is 0 Å². The number of carboxylic acid groups (broad SMARTS) is 1. The van der Waals surface area contributed by atoms with Gasteiger partial charge in [0.2, 0.25) is 0 Å². The lowest BCUT2D eigenvalue weighted by Gasteiger charge is -2.57. The van der Waals surface area contributed by atoms with E-state index in [-0.39, 0.29) is 5.92 Å². The van der Waals surface area contributed by atoms with E-state index in [4.69, 9.17) is 5.73 Å². The molecule has 3 N–H and O–H groups in total. The second-order valence-corrected chi connectivity index (χ2v) is 7.94. The molecule has 1 aromatic carbocycles. The number of rotatable bonds is 4. The summed E-state index contributed by atoms with van der Waals surface area (Å²) in [5, 5.41) is 9.92. The summed E-state index contributed by atoms with van der Waals surface area (Å²) in [6.07, 6.45) is 9.75. The van der Waals surface area contributed by atoms with E-state index in [9.17, 15) is 9.90 Å². The lowest BCUT2D eigenvalue weighted by molar-refractivity contribution is -0.150. The lowest BCUT2D eigenvalue weighted by atomic mass is 9.48. The van der Waals surface area contributed by atoms with Gasteiger partial charge in [0.15, 0.2) is 0 Å². The van der Waals surface area contributed by atoms with Crippen molar-refractivity contribution in [3.63, 3.8) is 0 Å². The van der Waals surface area contributed by atoms with Gasteiger partial charge in [0, 0.05) is 0 Å². The fraction of sp³-hybridized carbons (Fsp3) is 0.550. The molecule has 0 amide bonds. The van der Waals surface area contributed by atoms with Crippen LogP contribution < -0.4 is 5.73 Å². The van der Waals surface area contributed by atoms with Crippen molar-refractivity contribution in [2.45, 2.75) is 37.6 Å². The summed E-state index contributed by atoms with van der Waals surface area (Å²) in [7, 11) is 0. The minimum atomic E-state index is -1.24. The van der Waals surface area contributed by atoms with Gasteiger partial charge in [-0.15, -0.1) is 0 Å². The predicted molar refractivity (Wildman–Crippen MR) is 90.6 cm³/mol. The summed E-state index contributed by atoms with van der Waals surface area (Å²) < 4.78 is 0. The Balaban J connectivity index is 1.65. The molecule has 1 aromatic rings. The first-order valence-corrected chi connectivity index (χ1v) is 8.83. The molecule has 1 unspecified atom stereocenters. The van der Waals surface area contributed by atoms with E-state index in [1.165, 1.54) is 32.1 Å². The summed E-state index contributed by atoms with van der Waals surface area (Å²) >= 11 is 0. The SMILES string of the molecule is NC(C=Cc1ccccc1)(C(=O)O)C1C2CC3CC(C2)CC1C3. The highest BCUT2D eigenvalue weighted by molar-refractivity contribution is 5.83. The zero-order valence-corrected chi connectivity index (χ0v) is 13.4. The molecule has 3 nitrogen and oxygen atoms in total. The largest absolute Gasteiger partial charge is 0.480 e. The van der Waals surface area contributed by atoms with Gasteiger partial charge in [-0.3, -0.25) is 0 Å². The molecule has 4 fully saturated rings. The third kappa shape index (κ3) is 2.51. The van der Waals surface area contributed by atoms with Crippen LogP contribution in [-0.4, -0.2) is 16.6 Å². The zero-order chi connectivity index (χ0) is 16.0. The highest BCUT2D eigenvalue weighted by Gasteiger charge is 2.56. The van der Waals surface area contributed by atoms with E-state index in [0.29, 0.717) is 11.8 Å². The Kier molecular flexibility index (Phi) is 3.56. The summed E-state index contributed by atoms with van der Waals surface area (Å²) in [6.45, 7) is 0. The molecule has 0 heterocycles. The standard InChI is InChI=1S/C20H25NO2/c21-20(19(22)23,7-6-13-4-2-1-3-5-13)18-16-9-14-8-15(11-16)12-17(18)10-14/h1-7,14-18H,8-12,21H2,(H,22,23). The molecule has 4 aliphatic rings. The first kappa shape index (κ1) is 14.9. The molecule has 4 aliphatic carbocycles. The second-order valence-electron chi connectivity index (χ2n) is 7.94. The van der Waals surface area contributed by atoms with Crippen molar-refractivity contribution in [2.75, 3.05) is 0 Å². The number of aliphatic carboxylic acids is 1. The van der Waals surface area contributed by atoms with Crippen molar-refractivity contribution < 1.29 is 9.90 Å². The Labute approximate surface area is 137 Å². The van der Waals surface area contributed by atoms with Gasteiger partial charge in [-0.25, -0.2) is 4.79 Å². The minimum Gasteiger partial charge on any atom is -0.480 e. The van der Waals surface area contributed by atoms with Crippen molar-refractivity contribution in [3.05, 3.63) is 42.0 Å². The Hall–Kier alpha value is -1.61. The molecule has 0 aromatic heterocycles. The molecular formula is C20H25NO2. The Morgan fingerprint density at radius 3 is 2.13 bits per heavy atom. The number of carboxylic acids is 1. The van der Waals surface area contributed by atoms with E-state index in [0.717, 1.165) is 17.4 Å². The molecule has 0 saturated heterocycles. The fourth-order valence-corrected chi connectivity index (χ4v) is 5.83. The van der Waals surface area contributed by atoms with Gasteiger partial charge in [-0.2, -0.15) is 0 Å². The van der Waals surface area contributed by atoms with Crippen molar-refractivity contribution in [1.29, 1.82) is 0 Å². The minimum absolute atomic E-state index is 0.0905. The number of hydrogen-bond acceptors (Lipinski definition) is 2. The summed E-state index contributed by atoms with van der Waals surface area (Å²) in [5.41, 5.74) is 6.30. The molecule has 122 valence electrons. The maximum absolute atomic E-state index is 12.1. The highest BCUT2D eigenvalue weighted by Crippen LogP contribution is 2.59. The normalized spacial score (nSPS) is 37.9. The molecule has 3 heteroatoms. The quantitative estimate of drug-likeness (QED) is 0.893. The number of hydrogen-bond donors (Lipinski definition) is 2. The van der Waals surface area contributed by atoms with Crippen molar-refractivity contribution in [1.82, 2.24) is 0 Å². The Bertz CT molecular complexity index is 596. The van der Waals surface area contributed by atoms with Crippen LogP contribution in [0.15, 0.2) is 36.4 Å². The lowest BCUT2D eigenvalue weighted by Crippen LogP contribution is -2.62. The first-order valence-electron chi connectivity index (χ1n) is 8.83. The molecule has 4 bridgehead atoms. The monoisotopic (exact) mass is 311 g/mol. The van der Waals surface area contributed by atoms with E-state index in [2.05, 4.69) is 0 Å². The highest BCUT2D eigenvalue weighted by atomic mass is 16.4. The Morgan fingerprint density at radius 1 is 1.04 bits per heavy atom. The molecule has 0 radical (unpaired) electrons. The molecule has 1 atom stereocenters. The smallest absolute Gasteiger partial charge is 0.328 e. The van der Waals surface area contributed by atoms with Gasteiger partial charge in [0.05, 0.1) is 0 Å². The van der Waals surface area contributed by atoms with Gasteiger partial charge in [-0.05, 0) is 67.3 Å². The molecule has 0 spiro atoms. The van der Waals surface area contributed by atoms with Crippen LogP contribution in [0.4, 0.5) is 0 Å². The van der Waals surface area contributed by atoms with Gasteiger partial charge >= 0.3 is 5.97 Å². The van der Waals surface area contributed by atoms with E-state index >= 15 is 0 Å². The molecule has 23 heavy (non-hydrogen) atoms. The third-order valence-electron chi connectivity index (χ3n) is 6.50. The molecule has 5 rings (SSSR count).